The molecule has 13 heavy (non-hydrogen) atoms. The van der Waals surface area contributed by atoms with Crippen LogP contribution in [0.15, 0.2) is 0 Å². The molecule has 2 aliphatic heterocycles. The van der Waals surface area contributed by atoms with E-state index in [1.165, 1.54) is 0 Å². The van der Waals surface area contributed by atoms with E-state index in [9.17, 15) is 10.2 Å². The largest absolute Gasteiger partial charge is 0.391 e. The fourth-order valence-electron chi connectivity index (χ4n) is 1.45. The summed E-state index contributed by atoms with van der Waals surface area (Å²) in [5.74, 6) is -3.68. The van der Waals surface area contributed by atoms with Crippen LogP contribution < -0.4 is 0 Å². The van der Waals surface area contributed by atoms with E-state index in [1.807, 2.05) is 0 Å². The van der Waals surface area contributed by atoms with Gasteiger partial charge in [0.1, 0.15) is 12.7 Å². The predicted octanol–water partition coefficient (Wildman–Crippen LogP) is -2.92. The molecule has 2 rings (SSSR count). The van der Waals surface area contributed by atoms with Crippen LogP contribution in [0.5, 0.6) is 0 Å². The highest BCUT2D eigenvalue weighted by atomic mass is 17.3. The number of ether oxygens (including phenoxy) is 1. The number of rotatable bonds is 2. The van der Waals surface area contributed by atoms with Gasteiger partial charge in [0.05, 0.1) is 6.61 Å². The minimum absolute atomic E-state index is 0.572. The third-order valence-electron chi connectivity index (χ3n) is 2.27. The fraction of sp³-hybridized carbons (Fsp3) is 1.00. The van der Waals surface area contributed by atoms with Gasteiger partial charge < -0.3 is 25.2 Å². The molecule has 0 radical (unpaired) electrons. The van der Waals surface area contributed by atoms with Gasteiger partial charge in [0.15, 0.2) is 6.10 Å². The van der Waals surface area contributed by atoms with Crippen molar-refractivity contribution in [2.45, 2.75) is 23.8 Å². The van der Waals surface area contributed by atoms with Gasteiger partial charge >= 0.3 is 0 Å². The predicted molar refractivity (Wildman–Crippen MR) is 34.9 cm³/mol. The highest BCUT2D eigenvalue weighted by molar-refractivity contribution is 5.03. The minimum atomic E-state index is -2.14. The molecule has 4 N–H and O–H groups in total. The van der Waals surface area contributed by atoms with E-state index in [0.717, 1.165) is 0 Å². The number of hydrogen-bond donors (Lipinski definition) is 4. The van der Waals surface area contributed by atoms with Crippen LogP contribution in [0.25, 0.3) is 0 Å². The van der Waals surface area contributed by atoms with Crippen molar-refractivity contribution >= 4 is 0 Å². The molecule has 0 aliphatic carbocycles. The monoisotopic (exact) mass is 194 g/mol. The summed E-state index contributed by atoms with van der Waals surface area (Å²) in [6, 6.07) is 0. The molecule has 7 nitrogen and oxygen atoms in total. The zero-order valence-electron chi connectivity index (χ0n) is 6.58. The first-order chi connectivity index (χ1) is 6.08. The molecule has 0 amide bonds. The minimum Gasteiger partial charge on any atom is -0.391 e. The Morgan fingerprint density at radius 2 is 1.92 bits per heavy atom. The average Bonchev–Trinajstić information content (AvgIpc) is 2.24. The molecule has 2 heterocycles. The quantitative estimate of drug-likeness (QED) is 0.348. The Morgan fingerprint density at radius 1 is 1.23 bits per heavy atom. The molecule has 0 unspecified atom stereocenters. The maximum absolute atomic E-state index is 9.45. The first kappa shape index (κ1) is 9.28. The van der Waals surface area contributed by atoms with E-state index in [-0.39, 0.29) is 0 Å². The number of hydrogen-bond acceptors (Lipinski definition) is 7. The zero-order chi connectivity index (χ0) is 9.69. The van der Waals surface area contributed by atoms with Gasteiger partial charge in [-0.2, -0.15) is 4.89 Å². The van der Waals surface area contributed by atoms with Gasteiger partial charge in [-0.05, 0) is 0 Å². The van der Waals surface area contributed by atoms with Crippen molar-refractivity contribution in [3.8, 4) is 0 Å². The van der Waals surface area contributed by atoms with Crippen molar-refractivity contribution in [3.63, 3.8) is 0 Å². The van der Waals surface area contributed by atoms with Crippen LogP contribution in [0.4, 0.5) is 0 Å². The SMILES string of the molecule is OC[C@]12OO[C@H]1[C@H](O)[C@](O)(CO)O2. The Kier molecular flexibility index (Phi) is 1.86. The highest BCUT2D eigenvalue weighted by Crippen LogP contribution is 2.45. The summed E-state index contributed by atoms with van der Waals surface area (Å²) < 4.78 is 4.80. The normalized spacial score (nSPS) is 54.5. The fourth-order valence-corrected chi connectivity index (χ4v) is 1.45. The van der Waals surface area contributed by atoms with E-state index in [0.29, 0.717) is 0 Å². The van der Waals surface area contributed by atoms with Crippen LogP contribution in [0.3, 0.4) is 0 Å². The molecule has 2 fully saturated rings. The Labute approximate surface area is 73.0 Å². The van der Waals surface area contributed by atoms with E-state index >= 15 is 0 Å². The molecule has 4 atom stereocenters. The molecule has 0 aromatic rings. The van der Waals surface area contributed by atoms with Gasteiger partial charge in [-0.3, -0.25) is 0 Å². The molecule has 0 aromatic carbocycles. The molecular formula is C6H10O7. The lowest BCUT2D eigenvalue weighted by atomic mass is 10.0. The summed E-state index contributed by atoms with van der Waals surface area (Å²) in [4.78, 5) is 8.91. The summed E-state index contributed by atoms with van der Waals surface area (Å²) in [6.45, 7) is -1.38. The van der Waals surface area contributed by atoms with E-state index in [1.54, 1.807) is 0 Å². The van der Waals surface area contributed by atoms with Crippen molar-refractivity contribution in [1.29, 1.82) is 0 Å². The summed E-state index contributed by atoms with van der Waals surface area (Å²) >= 11 is 0. The maximum Gasteiger partial charge on any atom is 0.259 e. The molecule has 0 aromatic heterocycles. The van der Waals surface area contributed by atoms with Crippen LogP contribution in [0.1, 0.15) is 0 Å². The maximum atomic E-state index is 9.45. The van der Waals surface area contributed by atoms with E-state index in [4.69, 9.17) is 14.9 Å². The second-order valence-electron chi connectivity index (χ2n) is 3.12. The molecule has 0 bridgehead atoms. The summed E-state index contributed by atoms with van der Waals surface area (Å²) in [7, 11) is 0. The van der Waals surface area contributed by atoms with Crippen molar-refractivity contribution in [2.75, 3.05) is 13.2 Å². The van der Waals surface area contributed by atoms with Crippen LogP contribution >= 0.6 is 0 Å². The average molecular weight is 194 g/mol. The number of aliphatic hydroxyl groups excluding tert-OH is 3. The molecule has 0 spiro atoms. The summed E-state index contributed by atoms with van der Waals surface area (Å²) in [5, 5.41) is 36.4. The lowest BCUT2D eigenvalue weighted by Gasteiger charge is -2.38. The smallest absolute Gasteiger partial charge is 0.259 e. The molecule has 2 saturated heterocycles. The topological polar surface area (TPSA) is 109 Å². The Bertz CT molecular complexity index is 206. The molecule has 2 aliphatic rings. The summed E-state index contributed by atoms with van der Waals surface area (Å²) in [6.07, 6.45) is -2.42. The Morgan fingerprint density at radius 3 is 2.23 bits per heavy atom. The second-order valence-corrected chi connectivity index (χ2v) is 3.12. The first-order valence-electron chi connectivity index (χ1n) is 3.75. The van der Waals surface area contributed by atoms with Crippen molar-refractivity contribution < 1.29 is 34.9 Å². The van der Waals surface area contributed by atoms with Gasteiger partial charge in [-0.25, -0.2) is 4.89 Å². The second kappa shape index (κ2) is 2.61. The highest BCUT2D eigenvalue weighted by Gasteiger charge is 2.70. The third-order valence-corrected chi connectivity index (χ3v) is 2.27. The van der Waals surface area contributed by atoms with Crippen molar-refractivity contribution in [2.24, 2.45) is 0 Å². The molecular weight excluding hydrogens is 184 g/mol. The van der Waals surface area contributed by atoms with Gasteiger partial charge in [-0.1, -0.05) is 0 Å². The first-order valence-corrected chi connectivity index (χ1v) is 3.75. The van der Waals surface area contributed by atoms with Gasteiger partial charge in [0.2, 0.25) is 5.79 Å². The third kappa shape index (κ3) is 0.974. The Balaban J connectivity index is 2.23. The van der Waals surface area contributed by atoms with E-state index < -0.39 is 37.0 Å². The van der Waals surface area contributed by atoms with Crippen molar-refractivity contribution in [3.05, 3.63) is 0 Å². The molecule has 76 valence electrons. The van der Waals surface area contributed by atoms with Crippen LogP contribution in [0, 0.1) is 0 Å². The zero-order valence-corrected chi connectivity index (χ0v) is 6.58. The Hall–Kier alpha value is -0.280. The van der Waals surface area contributed by atoms with E-state index in [2.05, 4.69) is 9.78 Å². The molecule has 0 saturated carbocycles. The van der Waals surface area contributed by atoms with Crippen LogP contribution in [-0.4, -0.2) is 57.4 Å². The lowest BCUT2D eigenvalue weighted by molar-refractivity contribution is -0.565. The standard InChI is InChI=1S/C6H10O7/c7-1-5(10)3(9)4-6(2-8,12-5)13-11-4/h3-4,7-10H,1-2H2/t3-,4-,5-,6-/m0/s1. The number of fused-ring (bicyclic) bond motifs is 1. The van der Waals surface area contributed by atoms with Gasteiger partial charge in [0, 0.05) is 0 Å². The van der Waals surface area contributed by atoms with Gasteiger partial charge in [0.25, 0.3) is 5.79 Å². The summed E-state index contributed by atoms with van der Waals surface area (Å²) in [5.41, 5.74) is 0. The lowest BCUT2D eigenvalue weighted by Crippen LogP contribution is -2.59. The van der Waals surface area contributed by atoms with Crippen molar-refractivity contribution in [1.82, 2.24) is 0 Å². The number of aliphatic hydroxyl groups is 4. The van der Waals surface area contributed by atoms with Crippen LogP contribution in [0.2, 0.25) is 0 Å². The van der Waals surface area contributed by atoms with Gasteiger partial charge in [-0.15, -0.1) is 0 Å². The molecule has 7 heteroatoms. The van der Waals surface area contributed by atoms with Crippen LogP contribution in [-0.2, 0) is 14.5 Å².